The summed E-state index contributed by atoms with van der Waals surface area (Å²) in [4.78, 5) is 19.5. The van der Waals surface area contributed by atoms with Crippen molar-refractivity contribution < 1.29 is 13.2 Å². The molecule has 1 aliphatic rings. The van der Waals surface area contributed by atoms with Crippen LogP contribution in [0, 0.1) is 0 Å². The number of anilines is 1. The van der Waals surface area contributed by atoms with Crippen molar-refractivity contribution in [3.63, 3.8) is 0 Å². The maximum absolute atomic E-state index is 13.4. The number of piperidine rings is 1. The number of pyridine rings is 1. The highest BCUT2D eigenvalue weighted by Crippen LogP contribution is 2.29. The van der Waals surface area contributed by atoms with Crippen molar-refractivity contribution in [2.75, 3.05) is 32.5 Å². The van der Waals surface area contributed by atoms with Crippen LogP contribution in [0.4, 0.5) is 5.82 Å². The fourth-order valence-corrected chi connectivity index (χ4v) is 6.70. The molecule has 0 saturated carbocycles. The monoisotopic (exact) mass is 552 g/mol. The van der Waals surface area contributed by atoms with Crippen LogP contribution in [0.1, 0.15) is 23.2 Å². The van der Waals surface area contributed by atoms with Crippen LogP contribution >= 0.6 is 11.6 Å². The Morgan fingerprint density at radius 2 is 1.79 bits per heavy atom. The van der Waals surface area contributed by atoms with Crippen LogP contribution in [-0.2, 0) is 17.1 Å². The molecule has 0 bridgehead atoms. The molecular weight excluding hydrogens is 524 g/mol. The molecule has 0 atom stereocenters. The Balaban J connectivity index is 1.37. The third kappa shape index (κ3) is 5.30. The van der Waals surface area contributed by atoms with Gasteiger partial charge in [-0.2, -0.15) is 9.40 Å². The Kier molecular flexibility index (Phi) is 7.23. The lowest BCUT2D eigenvalue weighted by molar-refractivity contribution is 0.102. The number of carbonyl (C=O) groups excluding carboxylic acids is 1. The smallest absolute Gasteiger partial charge is 0.256 e. The topological polar surface area (TPSA) is 100 Å². The SMILES string of the molecule is CN(C)C1CCN(S(=O)(=O)c2cc(C(=O)Nc3cc4cc(-c5cnn(C)c5)ccc4cn3)ccc2Cl)CC1. The summed E-state index contributed by atoms with van der Waals surface area (Å²) in [6, 6.07) is 12.4. The van der Waals surface area contributed by atoms with Gasteiger partial charge in [-0.05, 0) is 68.2 Å². The van der Waals surface area contributed by atoms with E-state index in [2.05, 4.69) is 20.3 Å². The third-order valence-electron chi connectivity index (χ3n) is 6.97. The molecule has 1 N–H and O–H groups in total. The van der Waals surface area contributed by atoms with Crippen molar-refractivity contribution in [2.45, 2.75) is 23.8 Å². The maximum atomic E-state index is 13.4. The highest BCUT2D eigenvalue weighted by molar-refractivity contribution is 7.89. The van der Waals surface area contributed by atoms with Gasteiger partial charge in [-0.3, -0.25) is 9.48 Å². The highest BCUT2D eigenvalue weighted by atomic mass is 35.5. The number of benzene rings is 2. The van der Waals surface area contributed by atoms with Crippen molar-refractivity contribution in [3.05, 3.63) is 71.6 Å². The quantitative estimate of drug-likeness (QED) is 0.384. The van der Waals surface area contributed by atoms with Crippen LogP contribution in [0.5, 0.6) is 0 Å². The van der Waals surface area contributed by atoms with Gasteiger partial charge < -0.3 is 10.2 Å². The van der Waals surface area contributed by atoms with Crippen LogP contribution in [0.25, 0.3) is 21.9 Å². The van der Waals surface area contributed by atoms with Gasteiger partial charge >= 0.3 is 0 Å². The number of carbonyl (C=O) groups is 1. The number of hydrogen-bond donors (Lipinski definition) is 1. The predicted molar refractivity (Wildman–Crippen MR) is 149 cm³/mol. The lowest BCUT2D eigenvalue weighted by Gasteiger charge is -2.34. The number of aromatic nitrogens is 3. The first-order valence-electron chi connectivity index (χ1n) is 12.3. The van der Waals surface area contributed by atoms with Gasteiger partial charge in [0, 0.05) is 55.1 Å². The molecule has 38 heavy (non-hydrogen) atoms. The van der Waals surface area contributed by atoms with Crippen LogP contribution in [0.15, 0.2) is 66.0 Å². The average Bonchev–Trinajstić information content (AvgIpc) is 3.34. The van der Waals surface area contributed by atoms with E-state index in [9.17, 15) is 13.2 Å². The zero-order valence-corrected chi connectivity index (χ0v) is 23.0. The molecule has 0 aliphatic carbocycles. The molecule has 1 fully saturated rings. The van der Waals surface area contributed by atoms with E-state index < -0.39 is 15.9 Å². The average molecular weight is 553 g/mol. The predicted octanol–water partition coefficient (Wildman–Crippen LogP) is 4.26. The lowest BCUT2D eigenvalue weighted by atomic mass is 10.1. The summed E-state index contributed by atoms with van der Waals surface area (Å²) < 4.78 is 30.0. The van der Waals surface area contributed by atoms with Gasteiger partial charge in [0.25, 0.3) is 5.91 Å². The van der Waals surface area contributed by atoms with Gasteiger partial charge in [0.2, 0.25) is 10.0 Å². The molecule has 9 nitrogen and oxygen atoms in total. The van der Waals surface area contributed by atoms with E-state index in [-0.39, 0.29) is 15.5 Å². The van der Waals surface area contributed by atoms with Crippen LogP contribution < -0.4 is 5.32 Å². The second-order valence-corrected chi connectivity index (χ2v) is 12.0. The number of fused-ring (bicyclic) bond motifs is 1. The number of halogens is 1. The van der Waals surface area contributed by atoms with Crippen LogP contribution in [0.3, 0.4) is 0 Å². The maximum Gasteiger partial charge on any atom is 0.256 e. The molecule has 0 spiro atoms. The van der Waals surface area contributed by atoms with E-state index >= 15 is 0 Å². The van der Waals surface area contributed by atoms with Crippen LogP contribution in [-0.4, -0.2) is 71.5 Å². The Labute approximate surface area is 227 Å². The minimum atomic E-state index is -3.85. The van der Waals surface area contributed by atoms with Crippen molar-refractivity contribution in [2.24, 2.45) is 7.05 Å². The largest absolute Gasteiger partial charge is 0.307 e. The molecule has 0 unspecified atom stereocenters. The number of nitrogens with one attached hydrogen (secondary N) is 1. The first kappa shape index (κ1) is 26.3. The number of rotatable bonds is 6. The first-order chi connectivity index (χ1) is 18.1. The summed E-state index contributed by atoms with van der Waals surface area (Å²) in [6.45, 7) is 0.806. The Morgan fingerprint density at radius 3 is 2.47 bits per heavy atom. The highest BCUT2D eigenvalue weighted by Gasteiger charge is 2.32. The summed E-state index contributed by atoms with van der Waals surface area (Å²) in [5, 5.41) is 8.92. The normalized spacial score (nSPS) is 15.3. The van der Waals surface area contributed by atoms with Gasteiger partial charge in [-0.25, -0.2) is 13.4 Å². The van der Waals surface area contributed by atoms with Gasteiger partial charge in [0.05, 0.1) is 11.2 Å². The Morgan fingerprint density at radius 1 is 1.03 bits per heavy atom. The van der Waals surface area contributed by atoms with Crippen molar-refractivity contribution in [1.82, 2.24) is 24.0 Å². The van der Waals surface area contributed by atoms with Gasteiger partial charge in [-0.15, -0.1) is 0 Å². The van der Waals surface area contributed by atoms with Gasteiger partial charge in [0.1, 0.15) is 10.7 Å². The summed E-state index contributed by atoms with van der Waals surface area (Å²) in [5.41, 5.74) is 2.16. The molecule has 1 amide bonds. The summed E-state index contributed by atoms with van der Waals surface area (Å²) >= 11 is 6.31. The molecule has 5 rings (SSSR count). The number of hydrogen-bond acceptors (Lipinski definition) is 6. The number of amides is 1. The summed E-state index contributed by atoms with van der Waals surface area (Å²) in [7, 11) is 2.01. The van der Waals surface area contributed by atoms with Crippen molar-refractivity contribution >= 4 is 44.1 Å². The zero-order valence-electron chi connectivity index (χ0n) is 21.4. The number of aryl methyl sites for hydroxylation is 1. The molecule has 3 heterocycles. The van der Waals surface area contributed by atoms with Gasteiger partial charge in [0.15, 0.2) is 0 Å². The van der Waals surface area contributed by atoms with Crippen molar-refractivity contribution in [1.29, 1.82) is 0 Å². The second kappa shape index (κ2) is 10.5. The van der Waals surface area contributed by atoms with E-state index in [0.717, 1.165) is 34.7 Å². The number of nitrogens with zero attached hydrogens (tertiary/aromatic N) is 5. The first-order valence-corrected chi connectivity index (χ1v) is 14.1. The summed E-state index contributed by atoms with van der Waals surface area (Å²) in [6.07, 6.45) is 6.89. The molecule has 4 aromatic rings. The molecule has 1 aliphatic heterocycles. The van der Waals surface area contributed by atoms with E-state index in [1.54, 1.807) is 23.1 Å². The minimum Gasteiger partial charge on any atom is -0.307 e. The van der Waals surface area contributed by atoms with Gasteiger partial charge in [-0.1, -0.05) is 23.7 Å². The molecule has 0 radical (unpaired) electrons. The second-order valence-electron chi connectivity index (χ2n) is 9.73. The fourth-order valence-electron chi connectivity index (χ4n) is 4.73. The van der Waals surface area contributed by atoms with Crippen molar-refractivity contribution in [3.8, 4) is 11.1 Å². The van der Waals surface area contributed by atoms with E-state index in [4.69, 9.17) is 11.6 Å². The van der Waals surface area contributed by atoms with E-state index in [1.807, 2.05) is 45.5 Å². The molecule has 1 saturated heterocycles. The molecule has 2 aromatic carbocycles. The number of sulfonamides is 1. The third-order valence-corrected chi connectivity index (χ3v) is 9.35. The Bertz CT molecular complexity index is 1610. The molecular formula is C27H29ClN6O3S. The fraction of sp³-hybridized carbons (Fsp3) is 0.296. The van der Waals surface area contributed by atoms with E-state index in [1.165, 1.54) is 22.5 Å². The summed E-state index contributed by atoms with van der Waals surface area (Å²) in [5.74, 6) is -0.115. The Hall–Kier alpha value is -3.31. The minimum absolute atomic E-state index is 0.0669. The standard InChI is InChI=1S/C27H29ClN6O3S/c1-32(2)23-8-10-34(11-9-23)38(36,37)25-13-19(6-7-24(25)28)27(35)31-26-14-21-12-18(4-5-20(21)15-29-26)22-16-30-33(3)17-22/h4-7,12-17,23H,8-11H2,1-3H3,(H,29,31,35). The lowest BCUT2D eigenvalue weighted by Crippen LogP contribution is -2.44. The molecule has 11 heteroatoms. The zero-order chi connectivity index (χ0) is 27.0. The van der Waals surface area contributed by atoms with E-state index in [0.29, 0.717) is 24.9 Å². The molecule has 2 aromatic heterocycles. The molecule has 198 valence electrons. The van der Waals surface area contributed by atoms with Crippen LogP contribution in [0.2, 0.25) is 5.02 Å².